The molecule has 1 unspecified atom stereocenters. The van der Waals surface area contributed by atoms with Crippen molar-refractivity contribution in [2.45, 2.75) is 11.0 Å². The lowest BCUT2D eigenvalue weighted by atomic mass is 10.0. The number of nitrogens with one attached hydrogen (secondary N) is 1. The number of aliphatic hydroxyl groups is 1. The Bertz CT molecular complexity index is 1020. The zero-order chi connectivity index (χ0) is 18.0. The number of sulfonamides is 1. The van der Waals surface area contributed by atoms with Crippen molar-refractivity contribution in [3.8, 4) is 0 Å². The normalized spacial score (nSPS) is 13.1. The van der Waals surface area contributed by atoms with Crippen LogP contribution in [0.4, 0.5) is 0 Å². The second-order valence-corrected chi connectivity index (χ2v) is 8.57. The van der Waals surface area contributed by atoms with Crippen LogP contribution in [0.2, 0.25) is 5.02 Å². The smallest absolute Gasteiger partial charge is 0.242 e. The largest absolute Gasteiger partial charge is 0.387 e. The van der Waals surface area contributed by atoms with E-state index >= 15 is 0 Å². The molecule has 0 aliphatic carbocycles. The van der Waals surface area contributed by atoms with Gasteiger partial charge in [0.15, 0.2) is 0 Å². The minimum Gasteiger partial charge on any atom is -0.387 e. The van der Waals surface area contributed by atoms with Gasteiger partial charge in [-0.3, -0.25) is 0 Å². The monoisotopic (exact) mass is 439 g/mol. The van der Waals surface area contributed by atoms with Gasteiger partial charge in [-0.15, -0.1) is 0 Å². The maximum absolute atomic E-state index is 12.4. The Hall–Kier alpha value is -1.44. The van der Waals surface area contributed by atoms with Crippen molar-refractivity contribution in [2.24, 2.45) is 0 Å². The molecule has 2 N–H and O–H groups in total. The highest BCUT2D eigenvalue weighted by atomic mass is 79.9. The Morgan fingerprint density at radius 1 is 1.08 bits per heavy atom. The molecule has 0 saturated carbocycles. The average molecular weight is 441 g/mol. The van der Waals surface area contributed by atoms with E-state index in [0.717, 1.165) is 10.8 Å². The minimum absolute atomic E-state index is 0.0255. The van der Waals surface area contributed by atoms with Gasteiger partial charge in [-0.2, -0.15) is 0 Å². The quantitative estimate of drug-likeness (QED) is 0.623. The van der Waals surface area contributed by atoms with Crippen molar-refractivity contribution in [3.63, 3.8) is 0 Å². The topological polar surface area (TPSA) is 66.4 Å². The van der Waals surface area contributed by atoms with Crippen molar-refractivity contribution in [1.82, 2.24) is 4.72 Å². The number of hydrogen-bond acceptors (Lipinski definition) is 3. The lowest BCUT2D eigenvalue weighted by molar-refractivity contribution is 0.183. The van der Waals surface area contributed by atoms with Gasteiger partial charge in [0.25, 0.3) is 0 Å². The number of fused-ring (bicyclic) bond motifs is 1. The molecule has 3 aromatic rings. The molecule has 25 heavy (non-hydrogen) atoms. The van der Waals surface area contributed by atoms with Crippen LogP contribution in [0.5, 0.6) is 0 Å². The first-order valence-corrected chi connectivity index (χ1v) is 10.1. The summed E-state index contributed by atoms with van der Waals surface area (Å²) >= 11 is 9.25. The summed E-state index contributed by atoms with van der Waals surface area (Å²) in [6.45, 7) is -0.150. The predicted octanol–water partition coefficient (Wildman–Crippen LogP) is 4.27. The highest BCUT2D eigenvalue weighted by Gasteiger charge is 2.20. The van der Waals surface area contributed by atoms with Crippen molar-refractivity contribution in [1.29, 1.82) is 0 Å². The Balaban J connectivity index is 1.82. The van der Waals surface area contributed by atoms with E-state index in [4.69, 9.17) is 11.6 Å². The summed E-state index contributed by atoms with van der Waals surface area (Å²) < 4.78 is 28.0. The summed E-state index contributed by atoms with van der Waals surface area (Å²) in [5, 5.41) is 12.5. The fourth-order valence-electron chi connectivity index (χ4n) is 2.61. The number of rotatable bonds is 5. The van der Waals surface area contributed by atoms with Crippen LogP contribution in [-0.4, -0.2) is 20.1 Å². The summed E-state index contributed by atoms with van der Waals surface area (Å²) in [7, 11) is -3.83. The highest BCUT2D eigenvalue weighted by Crippen LogP contribution is 2.27. The van der Waals surface area contributed by atoms with E-state index in [9.17, 15) is 13.5 Å². The summed E-state index contributed by atoms with van der Waals surface area (Å²) in [5.74, 6) is 0. The van der Waals surface area contributed by atoms with Crippen molar-refractivity contribution in [2.75, 3.05) is 6.54 Å². The Morgan fingerprint density at radius 2 is 1.80 bits per heavy atom. The molecule has 0 spiro atoms. The molecule has 0 aliphatic rings. The van der Waals surface area contributed by atoms with Crippen LogP contribution < -0.4 is 4.72 Å². The molecule has 4 nitrogen and oxygen atoms in total. The van der Waals surface area contributed by atoms with Gasteiger partial charge in [-0.25, -0.2) is 13.1 Å². The van der Waals surface area contributed by atoms with Gasteiger partial charge in [0.2, 0.25) is 10.0 Å². The molecular formula is C18H15BrClNO3S. The molecule has 0 amide bonds. The standard InChI is InChI=1S/C18H15BrClNO3S/c19-13-8-9-18(16(20)10-13)25(23,24)21-11-17(22)15-7-3-5-12-4-1-2-6-14(12)15/h1-10,17,21-22H,11H2. The van der Waals surface area contributed by atoms with Gasteiger partial charge < -0.3 is 5.11 Å². The third kappa shape index (κ3) is 4.04. The molecule has 3 rings (SSSR count). The predicted molar refractivity (Wildman–Crippen MR) is 103 cm³/mol. The lowest BCUT2D eigenvalue weighted by Gasteiger charge is -2.15. The fraction of sp³-hybridized carbons (Fsp3) is 0.111. The van der Waals surface area contributed by atoms with E-state index in [1.165, 1.54) is 12.1 Å². The van der Waals surface area contributed by atoms with Gasteiger partial charge in [0, 0.05) is 11.0 Å². The Labute approximate surface area is 159 Å². The molecule has 0 fully saturated rings. The van der Waals surface area contributed by atoms with E-state index in [2.05, 4.69) is 20.7 Å². The van der Waals surface area contributed by atoms with E-state index in [0.29, 0.717) is 10.0 Å². The van der Waals surface area contributed by atoms with Gasteiger partial charge in [-0.05, 0) is 34.5 Å². The fourth-order valence-corrected chi connectivity index (χ4v) is 4.68. The van der Waals surface area contributed by atoms with Crippen LogP contribution in [0.3, 0.4) is 0 Å². The average Bonchev–Trinajstić information content (AvgIpc) is 2.59. The first kappa shape index (κ1) is 18.4. The first-order chi connectivity index (χ1) is 11.9. The molecule has 0 saturated heterocycles. The Kier molecular flexibility index (Phi) is 5.46. The van der Waals surface area contributed by atoms with E-state index in [1.54, 1.807) is 12.1 Å². The summed E-state index contributed by atoms with van der Waals surface area (Å²) in [4.78, 5) is -0.0255. The van der Waals surface area contributed by atoms with Crippen LogP contribution in [-0.2, 0) is 10.0 Å². The van der Waals surface area contributed by atoms with E-state index in [-0.39, 0.29) is 16.5 Å². The highest BCUT2D eigenvalue weighted by molar-refractivity contribution is 9.10. The number of benzene rings is 3. The molecule has 0 aliphatic heterocycles. The van der Waals surface area contributed by atoms with Crippen LogP contribution in [0.25, 0.3) is 10.8 Å². The van der Waals surface area contributed by atoms with Crippen molar-refractivity contribution in [3.05, 3.63) is 75.7 Å². The second-order valence-electron chi connectivity index (χ2n) is 5.51. The third-order valence-corrected chi connectivity index (χ3v) is 6.23. The maximum atomic E-state index is 12.4. The van der Waals surface area contributed by atoms with Gasteiger partial charge >= 0.3 is 0 Å². The van der Waals surface area contributed by atoms with Gasteiger partial charge in [0.05, 0.1) is 11.1 Å². The number of aliphatic hydroxyl groups excluding tert-OH is 1. The molecule has 130 valence electrons. The minimum atomic E-state index is -3.83. The van der Waals surface area contributed by atoms with E-state index < -0.39 is 16.1 Å². The second kappa shape index (κ2) is 7.43. The molecule has 0 heterocycles. The molecule has 1 atom stereocenters. The van der Waals surface area contributed by atoms with Gasteiger partial charge in [0.1, 0.15) is 4.90 Å². The molecule has 0 bridgehead atoms. The summed E-state index contributed by atoms with van der Waals surface area (Å²) in [6, 6.07) is 17.7. The molecule has 3 aromatic carbocycles. The van der Waals surface area contributed by atoms with Crippen LogP contribution in [0, 0.1) is 0 Å². The van der Waals surface area contributed by atoms with Crippen LogP contribution >= 0.6 is 27.5 Å². The third-order valence-electron chi connectivity index (χ3n) is 3.83. The molecule has 7 heteroatoms. The van der Waals surface area contributed by atoms with Crippen LogP contribution in [0.15, 0.2) is 70.0 Å². The molecular weight excluding hydrogens is 426 g/mol. The Morgan fingerprint density at radius 3 is 2.56 bits per heavy atom. The summed E-state index contributed by atoms with van der Waals surface area (Å²) in [6.07, 6.45) is -0.977. The molecule has 0 radical (unpaired) electrons. The number of hydrogen-bond donors (Lipinski definition) is 2. The van der Waals surface area contributed by atoms with Crippen LogP contribution in [0.1, 0.15) is 11.7 Å². The van der Waals surface area contributed by atoms with Gasteiger partial charge in [-0.1, -0.05) is 70.0 Å². The maximum Gasteiger partial charge on any atom is 0.242 e. The van der Waals surface area contributed by atoms with E-state index in [1.807, 2.05) is 36.4 Å². The van der Waals surface area contributed by atoms with Crippen molar-refractivity contribution < 1.29 is 13.5 Å². The number of halogens is 2. The molecule has 0 aromatic heterocycles. The lowest BCUT2D eigenvalue weighted by Crippen LogP contribution is -2.28. The summed E-state index contributed by atoms with van der Waals surface area (Å²) in [5.41, 5.74) is 0.669. The SMILES string of the molecule is O=S(=O)(NCC(O)c1cccc2ccccc12)c1ccc(Br)cc1Cl. The zero-order valence-corrected chi connectivity index (χ0v) is 16.1. The first-order valence-electron chi connectivity index (χ1n) is 7.49. The van der Waals surface area contributed by atoms with Crippen molar-refractivity contribution >= 4 is 48.3 Å². The zero-order valence-electron chi connectivity index (χ0n) is 13.0.